The number of carbonyl (C=O) groups excluding carboxylic acids is 1. The highest BCUT2D eigenvalue weighted by atomic mass is 19.1. The second-order valence-electron chi connectivity index (χ2n) is 8.66. The number of piperidine rings is 1. The molecule has 166 valence electrons. The standard InChI is InChI=1S/C27H28F2N2O/c1-19-13-22(9-12-26(19)29)23-14-24(27(32)30-15-20-5-3-2-4-6-20)18-31(17-23)16-21-7-10-25(28)11-8-21/h2-13,23-24H,14-18H2,1H3,(H,30,32)/t23-,24-/m1/s1. The number of amides is 1. The van der Waals surface area contributed by atoms with Crippen LogP contribution >= 0.6 is 0 Å². The Balaban J connectivity index is 1.50. The Morgan fingerprint density at radius 2 is 1.72 bits per heavy atom. The van der Waals surface area contributed by atoms with Crippen molar-refractivity contribution in [1.82, 2.24) is 10.2 Å². The van der Waals surface area contributed by atoms with E-state index in [-0.39, 0.29) is 29.4 Å². The first-order valence-electron chi connectivity index (χ1n) is 11.0. The summed E-state index contributed by atoms with van der Waals surface area (Å²) < 4.78 is 27.1. The Labute approximate surface area is 188 Å². The largest absolute Gasteiger partial charge is 0.352 e. The molecule has 1 heterocycles. The molecular weight excluding hydrogens is 406 g/mol. The van der Waals surface area contributed by atoms with Crippen LogP contribution in [0.4, 0.5) is 8.78 Å². The number of carbonyl (C=O) groups is 1. The molecule has 0 aromatic heterocycles. The van der Waals surface area contributed by atoms with Gasteiger partial charge in [-0.3, -0.25) is 9.69 Å². The van der Waals surface area contributed by atoms with Crippen LogP contribution in [0.5, 0.6) is 0 Å². The quantitative estimate of drug-likeness (QED) is 0.579. The SMILES string of the molecule is Cc1cc([C@@H]2C[C@@H](C(=O)NCc3ccccc3)CN(Cc3ccc(F)cc3)C2)ccc1F. The fraction of sp³-hybridized carbons (Fsp3) is 0.296. The molecule has 0 saturated carbocycles. The van der Waals surface area contributed by atoms with E-state index in [0.717, 1.165) is 23.2 Å². The summed E-state index contributed by atoms with van der Waals surface area (Å²) >= 11 is 0. The number of benzene rings is 3. The van der Waals surface area contributed by atoms with Crippen molar-refractivity contribution < 1.29 is 13.6 Å². The lowest BCUT2D eigenvalue weighted by Crippen LogP contribution is -2.45. The third-order valence-electron chi connectivity index (χ3n) is 6.18. The van der Waals surface area contributed by atoms with E-state index in [1.54, 1.807) is 19.1 Å². The fourth-order valence-electron chi connectivity index (χ4n) is 4.45. The van der Waals surface area contributed by atoms with Crippen LogP contribution in [0, 0.1) is 24.5 Å². The number of hydrogen-bond acceptors (Lipinski definition) is 2. The third kappa shape index (κ3) is 5.60. The van der Waals surface area contributed by atoms with Crippen LogP contribution < -0.4 is 5.32 Å². The zero-order chi connectivity index (χ0) is 22.5. The van der Waals surface area contributed by atoms with Gasteiger partial charge in [0.15, 0.2) is 0 Å². The Bertz CT molecular complexity index is 1050. The molecule has 1 saturated heterocycles. The summed E-state index contributed by atoms with van der Waals surface area (Å²) in [6, 6.07) is 21.6. The minimum Gasteiger partial charge on any atom is -0.352 e. The van der Waals surface area contributed by atoms with Gasteiger partial charge in [-0.15, -0.1) is 0 Å². The molecule has 3 aromatic carbocycles. The van der Waals surface area contributed by atoms with Crippen LogP contribution in [0.25, 0.3) is 0 Å². The van der Waals surface area contributed by atoms with Gasteiger partial charge in [-0.1, -0.05) is 54.6 Å². The fourth-order valence-corrected chi connectivity index (χ4v) is 4.45. The second-order valence-corrected chi connectivity index (χ2v) is 8.66. The Kier molecular flexibility index (Phi) is 6.96. The van der Waals surface area contributed by atoms with Gasteiger partial charge >= 0.3 is 0 Å². The van der Waals surface area contributed by atoms with E-state index in [9.17, 15) is 13.6 Å². The zero-order valence-corrected chi connectivity index (χ0v) is 18.2. The molecule has 4 rings (SSSR count). The zero-order valence-electron chi connectivity index (χ0n) is 18.2. The van der Waals surface area contributed by atoms with Crippen molar-refractivity contribution in [2.75, 3.05) is 13.1 Å². The van der Waals surface area contributed by atoms with Crippen molar-refractivity contribution in [2.45, 2.75) is 32.4 Å². The number of nitrogens with one attached hydrogen (secondary N) is 1. The Morgan fingerprint density at radius 3 is 2.44 bits per heavy atom. The summed E-state index contributed by atoms with van der Waals surface area (Å²) in [5.41, 5.74) is 3.73. The molecule has 0 bridgehead atoms. The topological polar surface area (TPSA) is 32.3 Å². The number of halogens is 2. The summed E-state index contributed by atoms with van der Waals surface area (Å²) in [5.74, 6) is -0.504. The van der Waals surface area contributed by atoms with Crippen molar-refractivity contribution in [3.05, 3.63) is 107 Å². The molecule has 1 fully saturated rings. The highest BCUT2D eigenvalue weighted by Gasteiger charge is 2.32. The van der Waals surface area contributed by atoms with Gasteiger partial charge in [0.2, 0.25) is 5.91 Å². The normalized spacial score (nSPS) is 19.0. The van der Waals surface area contributed by atoms with E-state index in [2.05, 4.69) is 10.2 Å². The van der Waals surface area contributed by atoms with Crippen molar-refractivity contribution in [3.8, 4) is 0 Å². The maximum atomic E-state index is 13.8. The lowest BCUT2D eigenvalue weighted by atomic mass is 9.83. The van der Waals surface area contributed by atoms with E-state index in [1.807, 2.05) is 42.5 Å². The van der Waals surface area contributed by atoms with Crippen molar-refractivity contribution in [3.63, 3.8) is 0 Å². The summed E-state index contributed by atoms with van der Waals surface area (Å²) in [6.07, 6.45) is 0.714. The maximum absolute atomic E-state index is 13.8. The third-order valence-corrected chi connectivity index (χ3v) is 6.18. The van der Waals surface area contributed by atoms with Gasteiger partial charge in [-0.25, -0.2) is 8.78 Å². The van der Waals surface area contributed by atoms with Gasteiger partial charge < -0.3 is 5.32 Å². The van der Waals surface area contributed by atoms with Gasteiger partial charge in [0.25, 0.3) is 0 Å². The Morgan fingerprint density at radius 1 is 0.969 bits per heavy atom. The van der Waals surface area contributed by atoms with Gasteiger partial charge in [0, 0.05) is 26.2 Å². The molecule has 3 aromatic rings. The van der Waals surface area contributed by atoms with Gasteiger partial charge in [-0.2, -0.15) is 0 Å². The van der Waals surface area contributed by atoms with E-state index in [1.165, 1.54) is 18.2 Å². The maximum Gasteiger partial charge on any atom is 0.224 e. The number of aryl methyl sites for hydroxylation is 1. The van der Waals surface area contributed by atoms with Crippen LogP contribution in [0.15, 0.2) is 72.8 Å². The highest BCUT2D eigenvalue weighted by molar-refractivity contribution is 5.79. The minimum absolute atomic E-state index is 0.0292. The monoisotopic (exact) mass is 434 g/mol. The number of likely N-dealkylation sites (tertiary alicyclic amines) is 1. The number of hydrogen-bond donors (Lipinski definition) is 1. The van der Waals surface area contributed by atoms with Crippen LogP contribution in [0.2, 0.25) is 0 Å². The molecule has 0 radical (unpaired) electrons. The lowest BCUT2D eigenvalue weighted by molar-refractivity contribution is -0.127. The van der Waals surface area contributed by atoms with Crippen molar-refractivity contribution in [1.29, 1.82) is 0 Å². The molecule has 1 N–H and O–H groups in total. The van der Waals surface area contributed by atoms with Crippen molar-refractivity contribution in [2.24, 2.45) is 5.92 Å². The highest BCUT2D eigenvalue weighted by Crippen LogP contribution is 2.32. The predicted octanol–water partition coefficient (Wildman–Crippen LogP) is 5.20. The van der Waals surface area contributed by atoms with Gasteiger partial charge in [0.05, 0.1) is 5.92 Å². The lowest BCUT2D eigenvalue weighted by Gasteiger charge is -2.37. The minimum atomic E-state index is -0.259. The van der Waals surface area contributed by atoms with E-state index in [0.29, 0.717) is 31.6 Å². The Hall–Kier alpha value is -3.05. The first-order chi connectivity index (χ1) is 15.5. The summed E-state index contributed by atoms with van der Waals surface area (Å²) in [5, 5.41) is 3.08. The summed E-state index contributed by atoms with van der Waals surface area (Å²) in [4.78, 5) is 15.3. The van der Waals surface area contributed by atoms with E-state index in [4.69, 9.17) is 0 Å². The molecule has 0 unspecified atom stereocenters. The van der Waals surface area contributed by atoms with Crippen LogP contribution in [0.1, 0.15) is 34.6 Å². The molecule has 1 aliphatic heterocycles. The smallest absolute Gasteiger partial charge is 0.224 e. The molecule has 32 heavy (non-hydrogen) atoms. The number of nitrogens with zero attached hydrogens (tertiary/aromatic N) is 1. The van der Waals surface area contributed by atoms with Crippen molar-refractivity contribution >= 4 is 5.91 Å². The average molecular weight is 435 g/mol. The van der Waals surface area contributed by atoms with E-state index < -0.39 is 0 Å². The molecule has 5 heteroatoms. The summed E-state index contributed by atoms with van der Waals surface area (Å²) in [7, 11) is 0. The molecule has 0 aliphatic carbocycles. The predicted molar refractivity (Wildman–Crippen MR) is 122 cm³/mol. The van der Waals surface area contributed by atoms with Crippen LogP contribution in [0.3, 0.4) is 0 Å². The first-order valence-corrected chi connectivity index (χ1v) is 11.0. The van der Waals surface area contributed by atoms with Gasteiger partial charge in [0.1, 0.15) is 11.6 Å². The van der Waals surface area contributed by atoms with Crippen LogP contribution in [-0.4, -0.2) is 23.9 Å². The molecule has 0 spiro atoms. The molecule has 1 amide bonds. The molecule has 1 aliphatic rings. The first kappa shape index (κ1) is 22.2. The summed E-state index contributed by atoms with van der Waals surface area (Å²) in [6.45, 7) is 4.30. The number of rotatable bonds is 6. The molecule has 2 atom stereocenters. The average Bonchev–Trinajstić information content (AvgIpc) is 2.81. The van der Waals surface area contributed by atoms with E-state index >= 15 is 0 Å². The molecule has 3 nitrogen and oxygen atoms in total. The van der Waals surface area contributed by atoms with Crippen LogP contribution in [-0.2, 0) is 17.9 Å². The molecular formula is C27H28F2N2O. The second kappa shape index (κ2) is 10.0. The van der Waals surface area contributed by atoms with Gasteiger partial charge in [-0.05, 0) is 59.7 Å².